The molecule has 2 heterocycles. The molecule has 1 aliphatic rings. The lowest BCUT2D eigenvalue weighted by Gasteiger charge is -2.32. The molecule has 2 rings (SSSR count). The zero-order valence-electron chi connectivity index (χ0n) is 14.3. The summed E-state index contributed by atoms with van der Waals surface area (Å²) >= 11 is 0. The number of piperazine rings is 1. The molecule has 23 heavy (non-hydrogen) atoms. The van der Waals surface area contributed by atoms with Gasteiger partial charge < -0.3 is 14.7 Å². The first-order chi connectivity index (χ1) is 11.0. The maximum Gasteiger partial charge on any atom is 0.255 e. The Morgan fingerprint density at radius 3 is 2.48 bits per heavy atom. The van der Waals surface area contributed by atoms with Crippen LogP contribution >= 0.6 is 0 Å². The standard InChI is InChI=1S/C17H26N4O2/c1-4-5-6-20(3)16(22)14-11-15(13-18-12-14)17(23)21-9-7-19(2)8-10-21/h11-13H,4-10H2,1-3H3. The fourth-order valence-corrected chi connectivity index (χ4v) is 2.58. The van der Waals surface area contributed by atoms with Crippen molar-refractivity contribution in [1.82, 2.24) is 19.7 Å². The van der Waals surface area contributed by atoms with E-state index >= 15 is 0 Å². The summed E-state index contributed by atoms with van der Waals surface area (Å²) in [5.74, 6) is -0.129. The molecule has 6 nitrogen and oxygen atoms in total. The van der Waals surface area contributed by atoms with Crippen LogP contribution in [0.5, 0.6) is 0 Å². The van der Waals surface area contributed by atoms with Crippen molar-refractivity contribution in [2.45, 2.75) is 19.8 Å². The highest BCUT2D eigenvalue weighted by atomic mass is 16.2. The van der Waals surface area contributed by atoms with Crippen LogP contribution in [0, 0.1) is 0 Å². The predicted molar refractivity (Wildman–Crippen MR) is 89.5 cm³/mol. The van der Waals surface area contributed by atoms with Gasteiger partial charge in [-0.2, -0.15) is 0 Å². The third kappa shape index (κ3) is 4.51. The van der Waals surface area contributed by atoms with Gasteiger partial charge in [-0.05, 0) is 19.5 Å². The lowest BCUT2D eigenvalue weighted by molar-refractivity contribution is 0.0663. The number of likely N-dealkylation sites (N-methyl/N-ethyl adjacent to an activating group) is 1. The summed E-state index contributed by atoms with van der Waals surface area (Å²) in [6.45, 7) is 5.98. The Morgan fingerprint density at radius 1 is 1.17 bits per heavy atom. The number of unbranched alkanes of at least 4 members (excludes halogenated alkanes) is 1. The molecule has 1 saturated heterocycles. The molecule has 0 atom stereocenters. The third-order valence-electron chi connectivity index (χ3n) is 4.22. The Balaban J connectivity index is 2.07. The SMILES string of the molecule is CCCCN(C)C(=O)c1cncc(C(=O)N2CCN(C)CC2)c1. The van der Waals surface area contributed by atoms with Crippen LogP contribution in [0.4, 0.5) is 0 Å². The van der Waals surface area contributed by atoms with Gasteiger partial charge in [0.1, 0.15) is 0 Å². The minimum absolute atomic E-state index is 0.0449. The first kappa shape index (κ1) is 17.4. The normalized spacial score (nSPS) is 15.5. The topological polar surface area (TPSA) is 56.8 Å². The molecule has 1 aromatic heterocycles. The van der Waals surface area contributed by atoms with E-state index in [0.29, 0.717) is 30.8 Å². The molecule has 0 N–H and O–H groups in total. The fourth-order valence-electron chi connectivity index (χ4n) is 2.58. The molecule has 1 aromatic rings. The highest BCUT2D eigenvalue weighted by Crippen LogP contribution is 2.11. The molecule has 0 saturated carbocycles. The van der Waals surface area contributed by atoms with Crippen molar-refractivity contribution >= 4 is 11.8 Å². The van der Waals surface area contributed by atoms with E-state index in [1.807, 2.05) is 4.90 Å². The zero-order valence-corrected chi connectivity index (χ0v) is 14.3. The third-order valence-corrected chi connectivity index (χ3v) is 4.22. The molecule has 0 spiro atoms. The zero-order chi connectivity index (χ0) is 16.8. The quantitative estimate of drug-likeness (QED) is 0.822. The minimum Gasteiger partial charge on any atom is -0.342 e. The second kappa shape index (κ2) is 8.06. The number of nitrogens with zero attached hydrogens (tertiary/aromatic N) is 4. The van der Waals surface area contributed by atoms with Gasteiger partial charge in [0, 0.05) is 52.2 Å². The summed E-state index contributed by atoms with van der Waals surface area (Å²) in [5.41, 5.74) is 0.966. The van der Waals surface area contributed by atoms with E-state index in [4.69, 9.17) is 0 Å². The predicted octanol–water partition coefficient (Wildman–Crippen LogP) is 1.34. The monoisotopic (exact) mass is 318 g/mol. The van der Waals surface area contributed by atoms with Gasteiger partial charge in [-0.3, -0.25) is 14.6 Å². The lowest BCUT2D eigenvalue weighted by atomic mass is 10.1. The Hall–Kier alpha value is -1.95. The summed E-state index contributed by atoms with van der Waals surface area (Å²) in [6, 6.07) is 1.67. The van der Waals surface area contributed by atoms with Crippen molar-refractivity contribution in [3.63, 3.8) is 0 Å². The second-order valence-electron chi connectivity index (χ2n) is 6.14. The number of carbonyl (C=O) groups excluding carboxylic acids is 2. The van der Waals surface area contributed by atoms with Gasteiger partial charge >= 0.3 is 0 Å². The number of pyridine rings is 1. The Labute approximate surface area is 138 Å². The maximum absolute atomic E-state index is 12.6. The number of aromatic nitrogens is 1. The summed E-state index contributed by atoms with van der Waals surface area (Å²) in [5, 5.41) is 0. The van der Waals surface area contributed by atoms with E-state index in [1.165, 1.54) is 6.20 Å². The van der Waals surface area contributed by atoms with Crippen molar-refractivity contribution in [1.29, 1.82) is 0 Å². The molecule has 1 aliphatic heterocycles. The molecule has 0 aromatic carbocycles. The maximum atomic E-state index is 12.6. The van der Waals surface area contributed by atoms with Crippen LogP contribution in [-0.4, -0.2) is 78.3 Å². The first-order valence-electron chi connectivity index (χ1n) is 8.21. The van der Waals surface area contributed by atoms with Crippen LogP contribution in [0.15, 0.2) is 18.5 Å². The molecule has 0 unspecified atom stereocenters. The fraction of sp³-hybridized carbons (Fsp3) is 0.588. The van der Waals surface area contributed by atoms with Crippen LogP contribution in [0.25, 0.3) is 0 Å². The van der Waals surface area contributed by atoms with E-state index in [-0.39, 0.29) is 11.8 Å². The smallest absolute Gasteiger partial charge is 0.255 e. The van der Waals surface area contributed by atoms with E-state index in [1.54, 1.807) is 24.2 Å². The Morgan fingerprint density at radius 2 is 1.83 bits per heavy atom. The van der Waals surface area contributed by atoms with E-state index < -0.39 is 0 Å². The lowest BCUT2D eigenvalue weighted by Crippen LogP contribution is -2.47. The number of rotatable bonds is 5. The van der Waals surface area contributed by atoms with Crippen LogP contribution in [0.1, 0.15) is 40.5 Å². The van der Waals surface area contributed by atoms with Gasteiger partial charge in [0.05, 0.1) is 11.1 Å². The van der Waals surface area contributed by atoms with Crippen molar-refractivity contribution in [2.75, 3.05) is 46.8 Å². The van der Waals surface area contributed by atoms with Gasteiger partial charge in [-0.15, -0.1) is 0 Å². The van der Waals surface area contributed by atoms with Crippen LogP contribution in [0.2, 0.25) is 0 Å². The van der Waals surface area contributed by atoms with Crippen molar-refractivity contribution in [2.24, 2.45) is 0 Å². The van der Waals surface area contributed by atoms with Crippen molar-refractivity contribution in [3.8, 4) is 0 Å². The number of carbonyl (C=O) groups is 2. The molecule has 6 heteroatoms. The molecule has 1 fully saturated rings. The largest absolute Gasteiger partial charge is 0.342 e. The van der Waals surface area contributed by atoms with Crippen LogP contribution in [0.3, 0.4) is 0 Å². The number of hydrogen-bond donors (Lipinski definition) is 0. The summed E-state index contributed by atoms with van der Waals surface area (Å²) in [4.78, 5) is 34.8. The average molecular weight is 318 g/mol. The van der Waals surface area contributed by atoms with E-state index in [2.05, 4.69) is 23.9 Å². The van der Waals surface area contributed by atoms with Crippen LogP contribution in [-0.2, 0) is 0 Å². The van der Waals surface area contributed by atoms with Gasteiger partial charge in [0.2, 0.25) is 0 Å². The van der Waals surface area contributed by atoms with Gasteiger partial charge in [0.25, 0.3) is 11.8 Å². The first-order valence-corrected chi connectivity index (χ1v) is 8.21. The summed E-state index contributed by atoms with van der Waals surface area (Å²) in [6.07, 6.45) is 5.09. The van der Waals surface area contributed by atoms with Crippen LogP contribution < -0.4 is 0 Å². The molecule has 0 bridgehead atoms. The minimum atomic E-state index is -0.0843. The van der Waals surface area contributed by atoms with Crippen molar-refractivity contribution in [3.05, 3.63) is 29.6 Å². The molecule has 2 amide bonds. The number of amides is 2. The second-order valence-corrected chi connectivity index (χ2v) is 6.14. The molecule has 0 aliphatic carbocycles. The summed E-state index contributed by atoms with van der Waals surface area (Å²) in [7, 11) is 3.84. The Bertz CT molecular complexity index is 553. The average Bonchev–Trinajstić information content (AvgIpc) is 2.59. The van der Waals surface area contributed by atoms with Gasteiger partial charge in [-0.25, -0.2) is 0 Å². The highest BCUT2D eigenvalue weighted by molar-refractivity contribution is 5.99. The van der Waals surface area contributed by atoms with Gasteiger partial charge in [0.15, 0.2) is 0 Å². The van der Waals surface area contributed by atoms with E-state index in [9.17, 15) is 9.59 Å². The van der Waals surface area contributed by atoms with E-state index in [0.717, 1.165) is 25.9 Å². The molecule has 0 radical (unpaired) electrons. The molecular weight excluding hydrogens is 292 g/mol. The van der Waals surface area contributed by atoms with Crippen molar-refractivity contribution < 1.29 is 9.59 Å². The molecule has 126 valence electrons. The Kier molecular flexibility index (Phi) is 6.10. The summed E-state index contributed by atoms with van der Waals surface area (Å²) < 4.78 is 0. The molecular formula is C17H26N4O2. The van der Waals surface area contributed by atoms with Gasteiger partial charge in [-0.1, -0.05) is 13.3 Å². The number of hydrogen-bond acceptors (Lipinski definition) is 4. The highest BCUT2D eigenvalue weighted by Gasteiger charge is 2.22.